The Bertz CT molecular complexity index is 3580. The second kappa shape index (κ2) is 9.78. The van der Waals surface area contributed by atoms with E-state index >= 15 is 0 Å². The standard InChI is InChI=1S/C49H28N4/c1-3-15-31(16-4-1)51(32-17-5-2-6-18-32)41-24-12-23-36-35-21-11-22-37-39-28-42-44(50-49(39)53(46(35)37)47(36)41)40-27-30-14-8-9-19-33(30)43-38-26-25-29-13-7-10-20-34(29)45(38)52(42)48(40)43/h1-28H. The van der Waals surface area contributed by atoms with Crippen molar-refractivity contribution in [2.75, 3.05) is 4.90 Å². The molecule has 0 aliphatic carbocycles. The number of anilines is 3. The van der Waals surface area contributed by atoms with Crippen molar-refractivity contribution in [2.24, 2.45) is 0 Å². The van der Waals surface area contributed by atoms with Gasteiger partial charge in [0.2, 0.25) is 0 Å². The third kappa shape index (κ3) is 3.39. The molecule has 4 nitrogen and oxygen atoms in total. The van der Waals surface area contributed by atoms with Crippen molar-refractivity contribution in [2.45, 2.75) is 0 Å². The van der Waals surface area contributed by atoms with Gasteiger partial charge in [0.1, 0.15) is 5.65 Å². The van der Waals surface area contributed by atoms with Crippen molar-refractivity contribution in [3.8, 4) is 0 Å². The van der Waals surface area contributed by atoms with Crippen LogP contribution in [0.5, 0.6) is 0 Å². The summed E-state index contributed by atoms with van der Waals surface area (Å²) in [6.07, 6.45) is 0. The smallest absolute Gasteiger partial charge is 0.146 e. The van der Waals surface area contributed by atoms with Crippen LogP contribution in [0, 0.1) is 0 Å². The Morgan fingerprint density at radius 2 is 0.981 bits per heavy atom. The van der Waals surface area contributed by atoms with Crippen LogP contribution in [0.2, 0.25) is 0 Å². The summed E-state index contributed by atoms with van der Waals surface area (Å²) in [4.78, 5) is 8.15. The molecule has 13 rings (SSSR count). The fourth-order valence-corrected chi connectivity index (χ4v) is 9.59. The van der Waals surface area contributed by atoms with Gasteiger partial charge in [0.15, 0.2) is 0 Å². The van der Waals surface area contributed by atoms with E-state index in [1.54, 1.807) is 0 Å². The molecule has 0 aliphatic heterocycles. The zero-order valence-corrected chi connectivity index (χ0v) is 28.5. The Morgan fingerprint density at radius 1 is 0.377 bits per heavy atom. The lowest BCUT2D eigenvalue weighted by molar-refractivity contribution is 1.25. The number of fused-ring (bicyclic) bond motifs is 16. The van der Waals surface area contributed by atoms with Crippen LogP contribution in [0.4, 0.5) is 17.1 Å². The Hall–Kier alpha value is -7.17. The molecule has 0 N–H and O–H groups in total. The molecule has 53 heavy (non-hydrogen) atoms. The van der Waals surface area contributed by atoms with Crippen LogP contribution in [0.15, 0.2) is 170 Å². The van der Waals surface area contributed by atoms with E-state index in [1.165, 1.54) is 75.8 Å². The average Bonchev–Trinajstić information content (AvgIpc) is 3.94. The molecule has 0 spiro atoms. The van der Waals surface area contributed by atoms with E-state index < -0.39 is 0 Å². The molecule has 244 valence electrons. The predicted molar refractivity (Wildman–Crippen MR) is 223 cm³/mol. The van der Waals surface area contributed by atoms with E-state index in [2.05, 4.69) is 184 Å². The van der Waals surface area contributed by atoms with Gasteiger partial charge in [0.05, 0.1) is 38.8 Å². The summed E-state index contributed by atoms with van der Waals surface area (Å²) in [5.41, 5.74) is 11.4. The summed E-state index contributed by atoms with van der Waals surface area (Å²) in [5.74, 6) is 0. The minimum atomic E-state index is 0.986. The molecule has 0 aliphatic rings. The summed E-state index contributed by atoms with van der Waals surface area (Å²) in [6.45, 7) is 0. The minimum absolute atomic E-state index is 0.986. The second-order valence-electron chi connectivity index (χ2n) is 14.3. The maximum absolute atomic E-state index is 5.77. The zero-order valence-electron chi connectivity index (χ0n) is 28.5. The van der Waals surface area contributed by atoms with Gasteiger partial charge in [0, 0.05) is 54.5 Å². The fraction of sp³-hybridized carbons (Fsp3) is 0. The highest BCUT2D eigenvalue weighted by atomic mass is 15.2. The summed E-state index contributed by atoms with van der Waals surface area (Å²) < 4.78 is 4.96. The molecular formula is C49H28N4. The van der Waals surface area contributed by atoms with Crippen LogP contribution in [-0.4, -0.2) is 13.8 Å². The molecule has 8 aromatic carbocycles. The lowest BCUT2D eigenvalue weighted by Gasteiger charge is -2.26. The van der Waals surface area contributed by atoms with E-state index in [0.29, 0.717) is 0 Å². The van der Waals surface area contributed by atoms with E-state index in [-0.39, 0.29) is 0 Å². The highest BCUT2D eigenvalue weighted by Crippen LogP contribution is 2.48. The van der Waals surface area contributed by atoms with Gasteiger partial charge in [0.25, 0.3) is 0 Å². The van der Waals surface area contributed by atoms with Gasteiger partial charge in [-0.05, 0) is 58.6 Å². The SMILES string of the molecule is c1ccc(N(c2ccccc2)c2cccc3c4cccc5c6cc7c(nc6n(c23)c54)c2cc3ccccc3c3c4ccc5ccccc5c4n7c23)cc1. The number of nitrogens with zero attached hydrogens (tertiary/aromatic N) is 4. The lowest BCUT2D eigenvalue weighted by atomic mass is 9.99. The molecule has 5 heterocycles. The van der Waals surface area contributed by atoms with Crippen molar-refractivity contribution in [3.63, 3.8) is 0 Å². The number of benzene rings is 8. The first-order valence-corrected chi connectivity index (χ1v) is 18.2. The summed E-state index contributed by atoms with van der Waals surface area (Å²) in [5, 5.41) is 13.6. The van der Waals surface area contributed by atoms with Crippen molar-refractivity contribution < 1.29 is 0 Å². The van der Waals surface area contributed by atoms with Crippen LogP contribution in [0.3, 0.4) is 0 Å². The zero-order chi connectivity index (χ0) is 34.4. The first-order valence-electron chi connectivity index (χ1n) is 18.2. The molecule has 0 amide bonds. The highest BCUT2D eigenvalue weighted by molar-refractivity contribution is 6.34. The van der Waals surface area contributed by atoms with Gasteiger partial charge in [-0.25, -0.2) is 4.98 Å². The maximum Gasteiger partial charge on any atom is 0.146 e. The Labute approximate surface area is 302 Å². The molecule has 0 atom stereocenters. The number of para-hydroxylation sites is 4. The number of aromatic nitrogens is 3. The third-order valence-electron chi connectivity index (χ3n) is 11.7. The highest BCUT2D eigenvalue weighted by Gasteiger charge is 2.27. The lowest BCUT2D eigenvalue weighted by Crippen LogP contribution is -2.10. The number of hydrogen-bond acceptors (Lipinski definition) is 2. The van der Waals surface area contributed by atoms with Crippen molar-refractivity contribution >= 4 is 115 Å². The van der Waals surface area contributed by atoms with Crippen LogP contribution in [-0.2, 0) is 0 Å². The fourth-order valence-electron chi connectivity index (χ4n) is 9.59. The van der Waals surface area contributed by atoms with Gasteiger partial charge in [-0.2, -0.15) is 0 Å². The van der Waals surface area contributed by atoms with Crippen LogP contribution in [0.1, 0.15) is 0 Å². The van der Waals surface area contributed by atoms with E-state index in [1.807, 2.05) is 0 Å². The van der Waals surface area contributed by atoms with Crippen LogP contribution >= 0.6 is 0 Å². The summed E-state index contributed by atoms with van der Waals surface area (Å²) >= 11 is 0. The predicted octanol–water partition coefficient (Wildman–Crippen LogP) is 13.2. The largest absolute Gasteiger partial charge is 0.308 e. The Kier molecular flexibility index (Phi) is 5.08. The number of hydrogen-bond donors (Lipinski definition) is 0. The van der Waals surface area contributed by atoms with E-state index in [4.69, 9.17) is 4.98 Å². The molecule has 0 fully saturated rings. The molecule has 13 aromatic rings. The summed E-state index contributed by atoms with van der Waals surface area (Å²) in [6, 6.07) is 61.9. The van der Waals surface area contributed by atoms with Gasteiger partial charge >= 0.3 is 0 Å². The quantitative estimate of drug-likeness (QED) is 0.187. The van der Waals surface area contributed by atoms with Crippen molar-refractivity contribution in [1.29, 1.82) is 0 Å². The second-order valence-corrected chi connectivity index (χ2v) is 14.3. The van der Waals surface area contributed by atoms with Gasteiger partial charge in [-0.15, -0.1) is 0 Å². The van der Waals surface area contributed by atoms with Crippen molar-refractivity contribution in [1.82, 2.24) is 13.8 Å². The van der Waals surface area contributed by atoms with Gasteiger partial charge in [-0.3, -0.25) is 4.40 Å². The molecule has 0 saturated heterocycles. The molecular weight excluding hydrogens is 645 g/mol. The van der Waals surface area contributed by atoms with Crippen molar-refractivity contribution in [3.05, 3.63) is 170 Å². The minimum Gasteiger partial charge on any atom is -0.308 e. The van der Waals surface area contributed by atoms with E-state index in [0.717, 1.165) is 39.3 Å². The van der Waals surface area contributed by atoms with E-state index in [9.17, 15) is 0 Å². The molecule has 5 aromatic heterocycles. The van der Waals surface area contributed by atoms with Crippen LogP contribution in [0.25, 0.3) is 98.0 Å². The maximum atomic E-state index is 5.77. The Balaban J connectivity index is 1.24. The third-order valence-corrected chi connectivity index (χ3v) is 11.7. The van der Waals surface area contributed by atoms with Gasteiger partial charge in [-0.1, -0.05) is 127 Å². The topological polar surface area (TPSA) is 25.0 Å². The van der Waals surface area contributed by atoms with Gasteiger partial charge < -0.3 is 9.30 Å². The molecule has 0 unspecified atom stereocenters. The molecule has 0 bridgehead atoms. The number of pyridine rings is 1. The van der Waals surface area contributed by atoms with Crippen LogP contribution < -0.4 is 4.90 Å². The molecule has 0 saturated carbocycles. The number of rotatable bonds is 3. The summed E-state index contributed by atoms with van der Waals surface area (Å²) in [7, 11) is 0. The first kappa shape index (κ1) is 27.5. The monoisotopic (exact) mass is 672 g/mol. The molecule has 0 radical (unpaired) electrons. The normalized spacial score (nSPS) is 12.5. The average molecular weight is 673 g/mol. The Morgan fingerprint density at radius 3 is 1.75 bits per heavy atom. The molecule has 4 heteroatoms. The first-order chi connectivity index (χ1) is 26.3.